The van der Waals surface area contributed by atoms with Gasteiger partial charge in [-0.2, -0.15) is 0 Å². The van der Waals surface area contributed by atoms with Crippen LogP contribution < -0.4 is 0 Å². The molecule has 7 heteroatoms. The average molecular weight is 407 g/mol. The summed E-state index contributed by atoms with van der Waals surface area (Å²) < 4.78 is 6.58. The van der Waals surface area contributed by atoms with Crippen molar-refractivity contribution in [3.8, 4) is 11.3 Å². The molecule has 1 N–H and O–H groups in total. The normalized spacial score (nSPS) is 18.6. The number of nitrogens with one attached hydrogen (secondary N) is 1. The summed E-state index contributed by atoms with van der Waals surface area (Å²) in [7, 11) is 1.89. The van der Waals surface area contributed by atoms with Crippen molar-refractivity contribution >= 4 is 22.0 Å². The number of hydrogen-bond acceptors (Lipinski definition) is 4. The van der Waals surface area contributed by atoms with Gasteiger partial charge in [-0.15, -0.1) is 0 Å². The van der Waals surface area contributed by atoms with Crippen molar-refractivity contribution in [2.45, 2.75) is 38.8 Å². The molecular weight excluding hydrogens is 384 g/mol. The number of carbonyl (C=O) groups excluding carboxylic acids is 1. The molecule has 1 aromatic carbocycles. The third kappa shape index (κ3) is 4.04. The number of carbonyl (C=O) groups is 1. The molecule has 1 aromatic heterocycles. The summed E-state index contributed by atoms with van der Waals surface area (Å²) in [6, 6.07) is 7.88. The van der Waals surface area contributed by atoms with Crippen molar-refractivity contribution in [3.63, 3.8) is 0 Å². The predicted molar refractivity (Wildman–Crippen MR) is 99.8 cm³/mol. The molecule has 0 aliphatic carbocycles. The van der Waals surface area contributed by atoms with Crippen molar-refractivity contribution in [1.29, 1.82) is 0 Å². The molecule has 1 saturated heterocycles. The molecule has 0 unspecified atom stereocenters. The lowest BCUT2D eigenvalue weighted by atomic mass is 10.2. The second kappa shape index (κ2) is 6.80. The van der Waals surface area contributed by atoms with Gasteiger partial charge in [0, 0.05) is 18.1 Å². The Morgan fingerprint density at radius 3 is 2.64 bits per heavy atom. The van der Waals surface area contributed by atoms with E-state index in [-0.39, 0.29) is 12.1 Å². The summed E-state index contributed by atoms with van der Waals surface area (Å²) in [5.41, 5.74) is 1.45. The van der Waals surface area contributed by atoms with Crippen LogP contribution in [-0.2, 0) is 4.74 Å². The predicted octanol–water partition coefficient (Wildman–Crippen LogP) is 4.37. The van der Waals surface area contributed by atoms with E-state index in [1.807, 2.05) is 63.3 Å². The Morgan fingerprint density at radius 1 is 1.32 bits per heavy atom. The highest BCUT2D eigenvalue weighted by Crippen LogP contribution is 2.32. The van der Waals surface area contributed by atoms with Crippen LogP contribution in [0.25, 0.3) is 11.3 Å². The largest absolute Gasteiger partial charge is 0.443 e. The average Bonchev–Trinajstić information content (AvgIpc) is 3.12. The lowest BCUT2D eigenvalue weighted by molar-refractivity contribution is -0.0318. The summed E-state index contributed by atoms with van der Waals surface area (Å²) in [6.45, 7) is 6.38. The smallest absolute Gasteiger partial charge is 0.425 e. The highest BCUT2D eigenvalue weighted by molar-refractivity contribution is 9.10. The number of hydrogen-bond donors (Lipinski definition) is 1. The molecule has 1 amide bonds. The molecule has 134 valence electrons. The molecule has 0 saturated carbocycles. The van der Waals surface area contributed by atoms with E-state index in [9.17, 15) is 4.79 Å². The quantitative estimate of drug-likeness (QED) is 0.803. The molecule has 6 nitrogen and oxygen atoms in total. The Kier molecular flexibility index (Phi) is 4.88. The third-order valence-electron chi connectivity index (χ3n) is 4.04. The number of amides is 1. The lowest BCUT2D eigenvalue weighted by Gasteiger charge is -2.31. The second-order valence-electron chi connectivity index (χ2n) is 7.20. The van der Waals surface area contributed by atoms with Gasteiger partial charge in [-0.05, 0) is 44.9 Å². The Balaban J connectivity index is 1.83. The van der Waals surface area contributed by atoms with E-state index in [4.69, 9.17) is 4.74 Å². The fourth-order valence-electron chi connectivity index (χ4n) is 2.89. The van der Waals surface area contributed by atoms with Crippen LogP contribution in [0.2, 0.25) is 0 Å². The Hall–Kier alpha value is -1.86. The zero-order valence-electron chi connectivity index (χ0n) is 14.9. The Labute approximate surface area is 156 Å². The van der Waals surface area contributed by atoms with E-state index in [2.05, 4.69) is 25.9 Å². The monoisotopic (exact) mass is 406 g/mol. The van der Waals surface area contributed by atoms with Gasteiger partial charge in [0.05, 0.1) is 11.9 Å². The van der Waals surface area contributed by atoms with Gasteiger partial charge >= 0.3 is 6.09 Å². The minimum Gasteiger partial charge on any atom is -0.443 e. The van der Waals surface area contributed by atoms with Gasteiger partial charge in [-0.25, -0.2) is 19.8 Å². The molecule has 0 spiro atoms. The molecule has 2 heterocycles. The van der Waals surface area contributed by atoms with Gasteiger partial charge in [0.1, 0.15) is 17.5 Å². The summed E-state index contributed by atoms with van der Waals surface area (Å²) >= 11 is 3.44. The molecule has 3 rings (SSSR count). The number of nitrogens with zero attached hydrogens (tertiary/aromatic N) is 3. The number of halogens is 1. The van der Waals surface area contributed by atoms with Crippen LogP contribution in [0.15, 0.2) is 34.9 Å². The number of aromatic nitrogens is 2. The van der Waals surface area contributed by atoms with Crippen LogP contribution >= 0.6 is 15.9 Å². The van der Waals surface area contributed by atoms with E-state index in [0.717, 1.165) is 34.5 Å². The number of aromatic amines is 1. The highest BCUT2D eigenvalue weighted by atomic mass is 79.9. The third-order valence-corrected chi connectivity index (χ3v) is 4.56. The highest BCUT2D eigenvalue weighted by Gasteiger charge is 2.38. The lowest BCUT2D eigenvalue weighted by Crippen LogP contribution is -2.43. The number of H-pyrrole nitrogens is 1. The van der Waals surface area contributed by atoms with E-state index in [0.29, 0.717) is 0 Å². The summed E-state index contributed by atoms with van der Waals surface area (Å²) in [5.74, 6) is 0.771. The Bertz CT molecular complexity index is 751. The van der Waals surface area contributed by atoms with Crippen LogP contribution in [0.3, 0.4) is 0 Å². The topological polar surface area (TPSA) is 61.5 Å². The number of imidazole rings is 1. The molecule has 1 atom stereocenters. The van der Waals surface area contributed by atoms with Crippen molar-refractivity contribution < 1.29 is 9.53 Å². The van der Waals surface area contributed by atoms with Gasteiger partial charge in [-0.1, -0.05) is 28.1 Å². The minimum atomic E-state index is -0.531. The first kappa shape index (κ1) is 17.9. The zero-order chi connectivity index (χ0) is 18.2. The zero-order valence-corrected chi connectivity index (χ0v) is 16.5. The first-order chi connectivity index (χ1) is 11.7. The summed E-state index contributed by atoms with van der Waals surface area (Å²) in [5, 5.41) is 3.54. The Morgan fingerprint density at radius 2 is 2.00 bits per heavy atom. The number of hydrazine groups is 1. The molecule has 25 heavy (non-hydrogen) atoms. The molecular formula is C18H23BrN4O2. The molecule has 0 radical (unpaired) electrons. The van der Waals surface area contributed by atoms with Crippen LogP contribution in [0.4, 0.5) is 4.79 Å². The van der Waals surface area contributed by atoms with Crippen molar-refractivity contribution in [3.05, 3.63) is 40.8 Å². The SMILES string of the molecule is CN1CC[C@@H](c2ncc(-c3ccc(Br)cc3)[nH]2)N1C(=O)OC(C)(C)C. The van der Waals surface area contributed by atoms with E-state index >= 15 is 0 Å². The molecule has 1 fully saturated rings. The van der Waals surface area contributed by atoms with Gasteiger partial charge in [0.15, 0.2) is 0 Å². The maximum Gasteiger partial charge on any atom is 0.425 e. The molecule has 1 aliphatic heterocycles. The van der Waals surface area contributed by atoms with Crippen molar-refractivity contribution in [2.75, 3.05) is 13.6 Å². The number of benzene rings is 1. The fraction of sp³-hybridized carbons (Fsp3) is 0.444. The van der Waals surface area contributed by atoms with Gasteiger partial charge in [-0.3, -0.25) is 0 Å². The standard InChI is InChI=1S/C18H23BrN4O2/c1-18(2,3)25-17(24)23-15(9-10-22(23)4)16-20-11-14(21-16)12-5-7-13(19)8-6-12/h5-8,11,15H,9-10H2,1-4H3,(H,20,21)/t15-/m0/s1. The fourth-order valence-corrected chi connectivity index (χ4v) is 3.15. The minimum absolute atomic E-state index is 0.149. The van der Waals surface area contributed by atoms with Crippen LogP contribution in [0.1, 0.15) is 39.1 Å². The first-order valence-electron chi connectivity index (χ1n) is 8.29. The maximum absolute atomic E-state index is 12.6. The van der Waals surface area contributed by atoms with E-state index in [1.54, 1.807) is 5.01 Å². The van der Waals surface area contributed by atoms with Crippen LogP contribution in [0, 0.1) is 0 Å². The van der Waals surface area contributed by atoms with E-state index < -0.39 is 5.60 Å². The number of ether oxygens (including phenoxy) is 1. The summed E-state index contributed by atoms with van der Waals surface area (Å²) in [6.07, 6.45) is 2.27. The van der Waals surface area contributed by atoms with Crippen molar-refractivity contribution in [1.82, 2.24) is 20.0 Å². The van der Waals surface area contributed by atoms with Crippen LogP contribution in [0.5, 0.6) is 0 Å². The molecule has 2 aromatic rings. The van der Waals surface area contributed by atoms with Gasteiger partial charge in [0.2, 0.25) is 0 Å². The number of rotatable bonds is 2. The van der Waals surface area contributed by atoms with Crippen molar-refractivity contribution in [2.24, 2.45) is 0 Å². The second-order valence-corrected chi connectivity index (χ2v) is 8.12. The summed E-state index contributed by atoms with van der Waals surface area (Å²) in [4.78, 5) is 20.5. The van der Waals surface area contributed by atoms with Crippen LogP contribution in [-0.4, -0.2) is 45.3 Å². The maximum atomic E-state index is 12.6. The molecule has 1 aliphatic rings. The van der Waals surface area contributed by atoms with Gasteiger partial charge < -0.3 is 9.72 Å². The first-order valence-corrected chi connectivity index (χ1v) is 9.08. The van der Waals surface area contributed by atoms with E-state index in [1.165, 1.54) is 0 Å². The molecule has 0 bridgehead atoms. The van der Waals surface area contributed by atoms with Gasteiger partial charge in [0.25, 0.3) is 0 Å².